The average Bonchev–Trinajstić information content (AvgIpc) is 2.63. The molecule has 1 aromatic rings. The summed E-state index contributed by atoms with van der Waals surface area (Å²) >= 11 is 0. The molecule has 0 unspecified atom stereocenters. The number of nitrogens with two attached hydrogens (primary N) is 2. The summed E-state index contributed by atoms with van der Waals surface area (Å²) in [6, 6.07) is 0. The first-order valence-electron chi connectivity index (χ1n) is 7.77. The first-order valence-corrected chi connectivity index (χ1v) is 7.77. The average molecular weight is 273 g/mol. The van der Waals surface area contributed by atoms with Gasteiger partial charge in [0.1, 0.15) is 5.82 Å². The van der Waals surface area contributed by atoms with E-state index in [1.54, 1.807) is 0 Å². The van der Waals surface area contributed by atoms with Crippen molar-refractivity contribution in [2.45, 2.75) is 50.9 Å². The van der Waals surface area contributed by atoms with Crippen LogP contribution in [0.25, 0.3) is 0 Å². The predicted molar refractivity (Wildman–Crippen MR) is 78.3 cm³/mol. The van der Waals surface area contributed by atoms with Crippen LogP contribution < -0.4 is 11.5 Å². The number of rotatable bonds is 2. The summed E-state index contributed by atoms with van der Waals surface area (Å²) in [5, 5.41) is 0. The third-order valence-corrected chi connectivity index (χ3v) is 6.03. The van der Waals surface area contributed by atoms with Crippen LogP contribution in [0.2, 0.25) is 0 Å². The number of H-pyrrole nitrogens is 1. The van der Waals surface area contributed by atoms with Crippen LogP contribution in [-0.4, -0.2) is 10.9 Å². The van der Waals surface area contributed by atoms with E-state index in [0.29, 0.717) is 11.4 Å². The van der Waals surface area contributed by atoms with Crippen molar-refractivity contribution in [3.8, 4) is 0 Å². The smallest absolute Gasteiger partial charge is 0.252 e. The number of nitrogens with one attached hydrogen (secondary N) is 1. The Balaban J connectivity index is 1.87. The minimum absolute atomic E-state index is 0.164. The summed E-state index contributed by atoms with van der Waals surface area (Å²) in [5.41, 5.74) is 14.6. The summed E-state index contributed by atoms with van der Waals surface area (Å²) in [7, 11) is 0. The van der Waals surface area contributed by atoms with Gasteiger partial charge in [0.05, 0.1) is 5.56 Å². The number of hydrogen-bond donors (Lipinski definition) is 3. The molecule has 1 aromatic heterocycles. The number of amides is 1. The molecule has 4 aliphatic carbocycles. The van der Waals surface area contributed by atoms with Crippen molar-refractivity contribution in [2.75, 3.05) is 5.73 Å². The first kappa shape index (κ1) is 12.3. The Morgan fingerprint density at radius 1 is 1.15 bits per heavy atom. The number of aromatic amines is 1. The molecule has 0 radical (unpaired) electrons. The van der Waals surface area contributed by atoms with Gasteiger partial charge in [0.15, 0.2) is 0 Å². The van der Waals surface area contributed by atoms with Gasteiger partial charge in [-0.1, -0.05) is 0 Å². The predicted octanol–water partition coefficient (Wildman–Crippen LogP) is 2.47. The van der Waals surface area contributed by atoms with Crippen LogP contribution >= 0.6 is 0 Å². The minimum Gasteiger partial charge on any atom is -0.385 e. The maximum absolute atomic E-state index is 11.9. The fourth-order valence-corrected chi connectivity index (χ4v) is 5.98. The molecule has 20 heavy (non-hydrogen) atoms. The fraction of sp³-hybridized carbons (Fsp3) is 0.688. The van der Waals surface area contributed by atoms with Crippen LogP contribution in [0.4, 0.5) is 5.82 Å². The van der Waals surface area contributed by atoms with Crippen molar-refractivity contribution in [1.29, 1.82) is 0 Å². The Morgan fingerprint density at radius 2 is 1.65 bits per heavy atom. The highest BCUT2D eigenvalue weighted by Crippen LogP contribution is 2.61. The Bertz CT molecular complexity index is 552. The van der Waals surface area contributed by atoms with Crippen LogP contribution in [0.15, 0.2) is 0 Å². The van der Waals surface area contributed by atoms with Gasteiger partial charge in [-0.15, -0.1) is 0 Å². The standard InChI is InChI=1S/C16H23N3O/c1-8-13(12(15(18)20)14(17)19-8)16-5-9-2-10(6-16)4-11(3-9)7-16/h9-11,19H,2-7,17H2,1H3,(H2,18,20). The van der Waals surface area contributed by atoms with Crippen molar-refractivity contribution in [3.63, 3.8) is 0 Å². The van der Waals surface area contributed by atoms with E-state index in [1.807, 2.05) is 6.92 Å². The van der Waals surface area contributed by atoms with E-state index in [-0.39, 0.29) is 11.3 Å². The maximum Gasteiger partial charge on any atom is 0.252 e. The maximum atomic E-state index is 11.9. The lowest BCUT2D eigenvalue weighted by Gasteiger charge is -2.57. The number of anilines is 1. The Morgan fingerprint density at radius 3 is 2.10 bits per heavy atom. The summed E-state index contributed by atoms with van der Waals surface area (Å²) in [6.45, 7) is 2.04. The van der Waals surface area contributed by atoms with Gasteiger partial charge < -0.3 is 16.5 Å². The normalized spacial score (nSPS) is 38.4. The molecule has 0 spiro atoms. The number of carbonyl (C=O) groups is 1. The molecule has 1 heterocycles. The second kappa shape index (κ2) is 3.80. The largest absolute Gasteiger partial charge is 0.385 e. The van der Waals surface area contributed by atoms with Crippen LogP contribution in [-0.2, 0) is 5.41 Å². The summed E-state index contributed by atoms with van der Waals surface area (Å²) < 4.78 is 0. The van der Waals surface area contributed by atoms with Gasteiger partial charge in [0, 0.05) is 5.69 Å². The number of aromatic nitrogens is 1. The van der Waals surface area contributed by atoms with E-state index in [9.17, 15) is 4.79 Å². The number of aryl methyl sites for hydroxylation is 1. The molecule has 4 saturated carbocycles. The first-order chi connectivity index (χ1) is 9.48. The monoisotopic (exact) mass is 273 g/mol. The van der Waals surface area contributed by atoms with Gasteiger partial charge in [-0.25, -0.2) is 0 Å². The van der Waals surface area contributed by atoms with Crippen molar-refractivity contribution in [2.24, 2.45) is 23.5 Å². The number of nitrogen functional groups attached to an aromatic ring is 1. The van der Waals surface area contributed by atoms with E-state index >= 15 is 0 Å². The van der Waals surface area contributed by atoms with E-state index < -0.39 is 0 Å². The third kappa shape index (κ3) is 1.51. The van der Waals surface area contributed by atoms with Gasteiger partial charge in [-0.3, -0.25) is 4.79 Å². The van der Waals surface area contributed by atoms with Gasteiger partial charge in [0.25, 0.3) is 5.91 Å². The van der Waals surface area contributed by atoms with Crippen LogP contribution in [0.3, 0.4) is 0 Å². The lowest BCUT2D eigenvalue weighted by Crippen LogP contribution is -2.49. The number of primary amides is 1. The van der Waals surface area contributed by atoms with Crippen molar-refractivity contribution >= 4 is 11.7 Å². The second-order valence-electron chi connectivity index (χ2n) is 7.48. The van der Waals surface area contributed by atoms with Crippen LogP contribution in [0.5, 0.6) is 0 Å². The molecule has 1 amide bonds. The molecule has 4 nitrogen and oxygen atoms in total. The van der Waals surface area contributed by atoms with Gasteiger partial charge in [0.2, 0.25) is 0 Å². The van der Waals surface area contributed by atoms with Crippen LogP contribution in [0.1, 0.15) is 60.1 Å². The van der Waals surface area contributed by atoms with Crippen molar-refractivity contribution in [3.05, 3.63) is 16.8 Å². The van der Waals surface area contributed by atoms with Crippen LogP contribution in [0, 0.1) is 24.7 Å². The summed E-state index contributed by atoms with van der Waals surface area (Å²) in [6.07, 6.45) is 7.84. The molecule has 4 heteroatoms. The zero-order valence-corrected chi connectivity index (χ0v) is 12.0. The number of hydrogen-bond acceptors (Lipinski definition) is 2. The third-order valence-electron chi connectivity index (χ3n) is 6.03. The van der Waals surface area contributed by atoms with E-state index in [0.717, 1.165) is 29.0 Å². The fourth-order valence-electron chi connectivity index (χ4n) is 5.98. The molecule has 0 aliphatic heterocycles. The Labute approximate surface area is 119 Å². The minimum atomic E-state index is -0.377. The zero-order valence-electron chi connectivity index (χ0n) is 12.0. The Hall–Kier alpha value is -1.45. The van der Waals surface area contributed by atoms with E-state index in [1.165, 1.54) is 38.5 Å². The molecule has 0 aromatic carbocycles. The molecule has 108 valence electrons. The highest BCUT2D eigenvalue weighted by atomic mass is 16.1. The van der Waals surface area contributed by atoms with E-state index in [4.69, 9.17) is 11.5 Å². The molecule has 5 rings (SSSR count). The number of carbonyl (C=O) groups excluding carboxylic acids is 1. The topological polar surface area (TPSA) is 84.9 Å². The molecule has 4 aliphatic rings. The zero-order chi connectivity index (χ0) is 14.1. The summed E-state index contributed by atoms with van der Waals surface area (Å²) in [5.74, 6) is 2.62. The molecular formula is C16H23N3O. The lowest BCUT2D eigenvalue weighted by molar-refractivity contribution is -0.00571. The Kier molecular flexibility index (Phi) is 2.34. The molecule has 4 fully saturated rings. The van der Waals surface area contributed by atoms with Gasteiger partial charge >= 0.3 is 0 Å². The molecule has 4 bridgehead atoms. The molecule has 5 N–H and O–H groups in total. The molecular weight excluding hydrogens is 250 g/mol. The quantitative estimate of drug-likeness (QED) is 0.773. The second-order valence-corrected chi connectivity index (χ2v) is 7.48. The van der Waals surface area contributed by atoms with E-state index in [2.05, 4.69) is 4.98 Å². The lowest BCUT2D eigenvalue weighted by atomic mass is 9.47. The molecule has 0 atom stereocenters. The highest BCUT2D eigenvalue weighted by Gasteiger charge is 2.53. The van der Waals surface area contributed by atoms with Gasteiger partial charge in [-0.2, -0.15) is 0 Å². The van der Waals surface area contributed by atoms with Crippen molar-refractivity contribution in [1.82, 2.24) is 4.98 Å². The summed E-state index contributed by atoms with van der Waals surface area (Å²) in [4.78, 5) is 15.0. The van der Waals surface area contributed by atoms with Gasteiger partial charge in [-0.05, 0) is 74.2 Å². The SMILES string of the molecule is Cc1[nH]c(N)c(C(N)=O)c1C12CC3CC(CC(C3)C1)C2. The van der Waals surface area contributed by atoms with Crippen molar-refractivity contribution < 1.29 is 4.79 Å². The molecule has 0 saturated heterocycles. The highest BCUT2D eigenvalue weighted by molar-refractivity contribution is 6.00.